The largest absolute Gasteiger partial charge is 0.480 e. The number of nitrogens with one attached hydrogen (secondary N) is 2. The van der Waals surface area contributed by atoms with Gasteiger partial charge in [0.25, 0.3) is 0 Å². The number of hydrogen-bond donors (Lipinski definition) is 3. The summed E-state index contributed by atoms with van der Waals surface area (Å²) in [5, 5.41) is 14.2. The number of aliphatic hydroxyl groups is 1. The topological polar surface area (TPSA) is 101 Å². The van der Waals surface area contributed by atoms with E-state index in [1.54, 1.807) is 36.4 Å². The molecular formula is C16H17N3O4. The Labute approximate surface area is 133 Å². The molecule has 1 aromatic heterocycles. The molecule has 0 aliphatic carbocycles. The molecule has 2 aromatic rings. The molecule has 0 unspecified atom stereocenters. The van der Waals surface area contributed by atoms with Crippen LogP contribution in [0.4, 0.5) is 5.69 Å². The van der Waals surface area contributed by atoms with Gasteiger partial charge in [-0.15, -0.1) is 0 Å². The van der Waals surface area contributed by atoms with Crippen molar-refractivity contribution >= 4 is 17.5 Å². The van der Waals surface area contributed by atoms with Crippen molar-refractivity contribution in [3.05, 3.63) is 53.7 Å². The number of hydrogen-bond acceptors (Lipinski definition) is 5. The molecule has 0 saturated carbocycles. The standard InChI is InChI=1S/C16H17N3O4/c1-23-16-13(7-4-8-17-16)19-15(22)14(21)18-9-11-5-2-3-6-12(11)10-20/h2-8,20H,9-10H2,1H3,(H,18,21)(H,19,22). The second-order valence-electron chi connectivity index (χ2n) is 4.62. The number of nitrogens with zero attached hydrogens (tertiary/aromatic N) is 1. The van der Waals surface area contributed by atoms with Gasteiger partial charge in [-0.2, -0.15) is 0 Å². The predicted octanol–water partition coefficient (Wildman–Crippen LogP) is 0.837. The summed E-state index contributed by atoms with van der Waals surface area (Å²) >= 11 is 0. The average molecular weight is 315 g/mol. The number of carbonyl (C=O) groups excluding carboxylic acids is 2. The number of pyridine rings is 1. The van der Waals surface area contributed by atoms with Crippen molar-refractivity contribution < 1.29 is 19.4 Å². The van der Waals surface area contributed by atoms with E-state index in [0.717, 1.165) is 5.56 Å². The normalized spacial score (nSPS) is 10.0. The number of anilines is 1. The molecule has 0 aliphatic heterocycles. The Hall–Kier alpha value is -2.93. The van der Waals surface area contributed by atoms with Crippen molar-refractivity contribution in [1.82, 2.24) is 10.3 Å². The summed E-state index contributed by atoms with van der Waals surface area (Å²) in [6.07, 6.45) is 1.51. The maximum atomic E-state index is 11.9. The fourth-order valence-electron chi connectivity index (χ4n) is 1.97. The average Bonchev–Trinajstić information content (AvgIpc) is 2.60. The molecule has 2 rings (SSSR count). The van der Waals surface area contributed by atoms with Gasteiger partial charge in [0.2, 0.25) is 5.88 Å². The molecule has 23 heavy (non-hydrogen) atoms. The van der Waals surface area contributed by atoms with Crippen molar-refractivity contribution in [3.8, 4) is 5.88 Å². The Balaban J connectivity index is 1.96. The number of benzene rings is 1. The molecule has 0 atom stereocenters. The van der Waals surface area contributed by atoms with Crippen molar-refractivity contribution in [2.24, 2.45) is 0 Å². The van der Waals surface area contributed by atoms with E-state index in [2.05, 4.69) is 15.6 Å². The summed E-state index contributed by atoms with van der Waals surface area (Å²) in [5.74, 6) is -1.39. The Morgan fingerprint density at radius 1 is 1.13 bits per heavy atom. The number of ether oxygens (including phenoxy) is 1. The van der Waals surface area contributed by atoms with Crippen LogP contribution in [0.1, 0.15) is 11.1 Å². The van der Waals surface area contributed by atoms with Crippen LogP contribution in [0.15, 0.2) is 42.6 Å². The van der Waals surface area contributed by atoms with Crippen LogP contribution >= 0.6 is 0 Å². The maximum Gasteiger partial charge on any atom is 0.313 e. The zero-order valence-corrected chi connectivity index (χ0v) is 12.6. The van der Waals surface area contributed by atoms with E-state index in [1.165, 1.54) is 13.3 Å². The third-order valence-electron chi connectivity index (χ3n) is 3.15. The summed E-state index contributed by atoms with van der Waals surface area (Å²) in [7, 11) is 1.42. The van der Waals surface area contributed by atoms with Gasteiger partial charge in [0.15, 0.2) is 0 Å². The molecule has 2 amide bonds. The Morgan fingerprint density at radius 2 is 1.87 bits per heavy atom. The zero-order valence-electron chi connectivity index (χ0n) is 12.6. The van der Waals surface area contributed by atoms with E-state index >= 15 is 0 Å². The van der Waals surface area contributed by atoms with E-state index in [4.69, 9.17) is 4.74 Å². The van der Waals surface area contributed by atoms with Gasteiger partial charge < -0.3 is 20.5 Å². The van der Waals surface area contributed by atoms with Gasteiger partial charge >= 0.3 is 11.8 Å². The van der Waals surface area contributed by atoms with Gasteiger partial charge in [-0.3, -0.25) is 9.59 Å². The number of methoxy groups -OCH3 is 1. The van der Waals surface area contributed by atoms with Gasteiger partial charge in [-0.05, 0) is 23.3 Å². The molecule has 0 bridgehead atoms. The number of aliphatic hydroxyl groups excluding tert-OH is 1. The minimum atomic E-state index is -0.822. The molecule has 0 saturated heterocycles. The van der Waals surface area contributed by atoms with Crippen molar-refractivity contribution in [1.29, 1.82) is 0 Å². The highest BCUT2D eigenvalue weighted by Crippen LogP contribution is 2.19. The molecule has 0 radical (unpaired) electrons. The number of rotatable bonds is 5. The summed E-state index contributed by atoms with van der Waals surface area (Å²) < 4.78 is 5.00. The monoisotopic (exact) mass is 315 g/mol. The molecular weight excluding hydrogens is 298 g/mol. The fraction of sp³-hybridized carbons (Fsp3) is 0.188. The van der Waals surface area contributed by atoms with Gasteiger partial charge in [0.1, 0.15) is 5.69 Å². The lowest BCUT2D eigenvalue weighted by Gasteiger charge is -2.10. The van der Waals surface area contributed by atoms with E-state index in [0.29, 0.717) is 11.3 Å². The highest BCUT2D eigenvalue weighted by molar-refractivity contribution is 6.39. The van der Waals surface area contributed by atoms with Crippen LogP contribution < -0.4 is 15.4 Å². The van der Waals surface area contributed by atoms with Gasteiger partial charge in [0, 0.05) is 12.7 Å². The fourth-order valence-corrected chi connectivity index (χ4v) is 1.97. The first-order valence-electron chi connectivity index (χ1n) is 6.91. The summed E-state index contributed by atoms with van der Waals surface area (Å²) in [6, 6.07) is 10.3. The van der Waals surface area contributed by atoms with E-state index in [-0.39, 0.29) is 19.0 Å². The number of carbonyl (C=O) groups is 2. The Morgan fingerprint density at radius 3 is 2.57 bits per heavy atom. The van der Waals surface area contributed by atoms with Crippen molar-refractivity contribution in [3.63, 3.8) is 0 Å². The molecule has 3 N–H and O–H groups in total. The second kappa shape index (κ2) is 7.90. The predicted molar refractivity (Wildman–Crippen MR) is 83.6 cm³/mol. The van der Waals surface area contributed by atoms with Crippen molar-refractivity contribution in [2.75, 3.05) is 12.4 Å². The second-order valence-corrected chi connectivity index (χ2v) is 4.62. The van der Waals surface area contributed by atoms with Crippen LogP contribution in [0, 0.1) is 0 Å². The van der Waals surface area contributed by atoms with Crippen LogP contribution in [-0.2, 0) is 22.7 Å². The first-order chi connectivity index (χ1) is 11.2. The number of amides is 2. The van der Waals surface area contributed by atoms with Gasteiger partial charge in [0.05, 0.1) is 13.7 Å². The van der Waals surface area contributed by atoms with Crippen LogP contribution in [0.5, 0.6) is 5.88 Å². The Kier molecular flexibility index (Phi) is 5.65. The first kappa shape index (κ1) is 16.4. The summed E-state index contributed by atoms with van der Waals surface area (Å²) in [4.78, 5) is 27.7. The summed E-state index contributed by atoms with van der Waals surface area (Å²) in [6.45, 7) is 0.0122. The van der Waals surface area contributed by atoms with Gasteiger partial charge in [-0.25, -0.2) is 4.98 Å². The van der Waals surface area contributed by atoms with E-state index < -0.39 is 11.8 Å². The quantitative estimate of drug-likeness (QED) is 0.710. The van der Waals surface area contributed by atoms with E-state index in [1.807, 2.05) is 0 Å². The minimum Gasteiger partial charge on any atom is -0.480 e. The Bertz CT molecular complexity index is 703. The zero-order chi connectivity index (χ0) is 16.7. The van der Waals surface area contributed by atoms with Crippen LogP contribution in [0.25, 0.3) is 0 Å². The lowest BCUT2D eigenvalue weighted by Crippen LogP contribution is -2.35. The lowest BCUT2D eigenvalue weighted by atomic mass is 10.1. The molecule has 120 valence electrons. The molecule has 7 heteroatoms. The van der Waals surface area contributed by atoms with Gasteiger partial charge in [-0.1, -0.05) is 24.3 Å². The van der Waals surface area contributed by atoms with Crippen LogP contribution in [-0.4, -0.2) is 29.0 Å². The molecule has 0 spiro atoms. The highest BCUT2D eigenvalue weighted by Gasteiger charge is 2.16. The third-order valence-corrected chi connectivity index (χ3v) is 3.15. The molecule has 0 fully saturated rings. The van der Waals surface area contributed by atoms with Crippen LogP contribution in [0.2, 0.25) is 0 Å². The molecule has 7 nitrogen and oxygen atoms in total. The minimum absolute atomic E-state index is 0.134. The maximum absolute atomic E-state index is 11.9. The van der Waals surface area contributed by atoms with Crippen LogP contribution in [0.3, 0.4) is 0 Å². The first-order valence-corrected chi connectivity index (χ1v) is 6.91. The SMILES string of the molecule is COc1ncccc1NC(=O)C(=O)NCc1ccccc1CO. The lowest BCUT2D eigenvalue weighted by molar-refractivity contribution is -0.136. The smallest absolute Gasteiger partial charge is 0.313 e. The molecule has 0 aliphatic rings. The molecule has 1 heterocycles. The van der Waals surface area contributed by atoms with Crippen molar-refractivity contribution in [2.45, 2.75) is 13.2 Å². The summed E-state index contributed by atoms with van der Waals surface area (Å²) in [5.41, 5.74) is 1.75. The van der Waals surface area contributed by atoms with E-state index in [9.17, 15) is 14.7 Å². The molecule has 1 aromatic carbocycles. The highest BCUT2D eigenvalue weighted by atomic mass is 16.5. The number of aromatic nitrogens is 1. The third kappa shape index (κ3) is 4.27.